The Morgan fingerprint density at radius 2 is 2.09 bits per heavy atom. The number of thioether (sulfide) groups is 1. The highest BCUT2D eigenvalue weighted by Crippen LogP contribution is 2.40. The van der Waals surface area contributed by atoms with Crippen molar-refractivity contribution in [1.82, 2.24) is 20.1 Å². The molecule has 16 heteroatoms. The van der Waals surface area contributed by atoms with Crippen LogP contribution in [-0.4, -0.2) is 93.3 Å². The van der Waals surface area contributed by atoms with Crippen molar-refractivity contribution in [2.75, 3.05) is 32.2 Å². The van der Waals surface area contributed by atoms with Crippen LogP contribution in [0.15, 0.2) is 21.8 Å². The molecule has 0 radical (unpaired) electrons. The maximum atomic E-state index is 12.8. The average Bonchev–Trinajstić information content (AvgIpc) is 3.20. The third-order valence-electron chi connectivity index (χ3n) is 4.52. The first kappa shape index (κ1) is 25.0. The number of rotatable bonds is 7. The summed E-state index contributed by atoms with van der Waals surface area (Å²) in [6.07, 6.45) is -0.660. The van der Waals surface area contributed by atoms with E-state index in [-0.39, 0.29) is 40.2 Å². The number of nitrogens with zero attached hydrogens (tertiary/aromatic N) is 4. The van der Waals surface area contributed by atoms with Gasteiger partial charge < -0.3 is 30.6 Å². The van der Waals surface area contributed by atoms with Crippen LogP contribution in [0, 0.1) is 0 Å². The van der Waals surface area contributed by atoms with E-state index in [0.29, 0.717) is 0 Å². The van der Waals surface area contributed by atoms with Gasteiger partial charge in [-0.15, -0.1) is 23.1 Å². The van der Waals surface area contributed by atoms with E-state index < -0.39 is 41.3 Å². The molecule has 3 amide bonds. The first-order chi connectivity index (χ1) is 16.0. The van der Waals surface area contributed by atoms with Crippen molar-refractivity contribution in [3.05, 3.63) is 22.3 Å². The molecule has 3 heterocycles. The molecule has 2 aliphatic rings. The van der Waals surface area contributed by atoms with E-state index >= 15 is 0 Å². The number of β-lactam (4-membered cyclic amide) rings is 1. The summed E-state index contributed by atoms with van der Waals surface area (Å²) >= 11 is 2.22. The minimum Gasteiger partial charge on any atom is -0.477 e. The van der Waals surface area contributed by atoms with Gasteiger partial charge in [0.1, 0.15) is 29.4 Å². The van der Waals surface area contributed by atoms with Gasteiger partial charge in [-0.2, -0.15) is 0 Å². The fraction of sp³-hybridized carbons (Fsp3) is 0.389. The van der Waals surface area contributed by atoms with Crippen LogP contribution in [0.5, 0.6) is 0 Å². The molecule has 1 aromatic heterocycles. The van der Waals surface area contributed by atoms with E-state index in [9.17, 15) is 29.1 Å². The summed E-state index contributed by atoms with van der Waals surface area (Å²) in [5.41, 5.74) is 5.20. The number of amides is 3. The number of nitrogen functional groups attached to an aromatic ring is 1. The van der Waals surface area contributed by atoms with Crippen molar-refractivity contribution in [3.8, 4) is 0 Å². The normalized spacial score (nSPS) is 19.7. The molecule has 182 valence electrons. The number of hydrogen-bond acceptors (Lipinski definition) is 12. The Morgan fingerprint density at radius 3 is 2.65 bits per heavy atom. The lowest BCUT2D eigenvalue weighted by Crippen LogP contribution is -2.71. The van der Waals surface area contributed by atoms with Crippen LogP contribution >= 0.6 is 23.1 Å². The molecule has 2 aliphatic heterocycles. The van der Waals surface area contributed by atoms with Crippen molar-refractivity contribution >= 4 is 63.8 Å². The number of carboxylic acids is 1. The minimum atomic E-state index is -1.37. The van der Waals surface area contributed by atoms with Crippen molar-refractivity contribution in [3.63, 3.8) is 0 Å². The van der Waals surface area contributed by atoms with Gasteiger partial charge in [0.25, 0.3) is 11.8 Å². The standard InChI is InChI=1S/C18H20N6O8S2/c1-7(25)32-22-10(9-6-34-17(19)20-9)13(26)21-11-14(27)24-12(16(28)29)8(5-33-15(11)24)4-31-18(30)23(2)3/h6,11,15H,4-5H2,1-3H3,(H2,19,20)(H,21,26)(H,28,29)/b22-10-/t11?,15-/m0/s1. The molecular weight excluding hydrogens is 492 g/mol. The molecule has 0 saturated carbocycles. The first-order valence-electron chi connectivity index (χ1n) is 9.53. The number of thiazole rings is 1. The monoisotopic (exact) mass is 512 g/mol. The number of aromatic nitrogens is 1. The third-order valence-corrected chi connectivity index (χ3v) is 6.53. The molecule has 1 fully saturated rings. The zero-order chi connectivity index (χ0) is 25.2. The SMILES string of the molecule is CC(=O)O/N=C(\C(=O)NC1C(=O)N2C(C(=O)O)=C(COC(=O)N(C)C)CS[C@@H]12)c1csc(N)n1. The molecule has 1 unspecified atom stereocenters. The molecule has 0 bridgehead atoms. The van der Waals surface area contributed by atoms with E-state index in [1.54, 1.807) is 0 Å². The smallest absolute Gasteiger partial charge is 0.409 e. The molecule has 2 atom stereocenters. The van der Waals surface area contributed by atoms with Crippen LogP contribution in [0.25, 0.3) is 0 Å². The number of ether oxygens (including phenoxy) is 1. The lowest BCUT2D eigenvalue weighted by molar-refractivity contribution is -0.150. The number of oxime groups is 1. The number of carbonyl (C=O) groups is 5. The van der Waals surface area contributed by atoms with Gasteiger partial charge in [-0.1, -0.05) is 5.16 Å². The number of carboxylic acid groups (broad SMARTS) is 1. The Morgan fingerprint density at radius 1 is 1.38 bits per heavy atom. The van der Waals surface area contributed by atoms with Crippen molar-refractivity contribution < 1.29 is 38.7 Å². The van der Waals surface area contributed by atoms with Crippen LogP contribution in [0.3, 0.4) is 0 Å². The molecule has 34 heavy (non-hydrogen) atoms. The molecule has 3 rings (SSSR count). The summed E-state index contributed by atoms with van der Waals surface area (Å²) in [6.45, 7) is 0.789. The lowest BCUT2D eigenvalue weighted by Gasteiger charge is -2.49. The molecule has 1 aromatic rings. The summed E-state index contributed by atoms with van der Waals surface area (Å²) in [5, 5.41) is 16.5. The van der Waals surface area contributed by atoms with Crippen molar-refractivity contribution in [2.45, 2.75) is 18.3 Å². The van der Waals surface area contributed by atoms with Crippen LogP contribution in [0.4, 0.5) is 9.93 Å². The zero-order valence-corrected chi connectivity index (χ0v) is 19.8. The largest absolute Gasteiger partial charge is 0.477 e. The summed E-state index contributed by atoms with van der Waals surface area (Å²) < 4.78 is 5.06. The molecule has 0 spiro atoms. The van der Waals surface area contributed by atoms with Crippen LogP contribution < -0.4 is 11.1 Å². The third kappa shape index (κ3) is 5.12. The second kappa shape index (κ2) is 10.1. The summed E-state index contributed by atoms with van der Waals surface area (Å²) in [4.78, 5) is 71.0. The second-order valence-electron chi connectivity index (χ2n) is 7.16. The highest BCUT2D eigenvalue weighted by Gasteiger charge is 2.54. The molecule has 1 saturated heterocycles. The molecule has 4 N–H and O–H groups in total. The Balaban J connectivity index is 1.77. The predicted octanol–water partition coefficient (Wildman–Crippen LogP) is -0.571. The Hall–Kier alpha value is -3.66. The quantitative estimate of drug-likeness (QED) is 0.183. The Kier molecular flexibility index (Phi) is 7.41. The Labute approximate surface area is 200 Å². The van der Waals surface area contributed by atoms with Gasteiger partial charge in [0, 0.05) is 37.7 Å². The van der Waals surface area contributed by atoms with Gasteiger partial charge in [0.05, 0.1) is 0 Å². The minimum absolute atomic E-state index is 0.0392. The van der Waals surface area contributed by atoms with Gasteiger partial charge in [-0.3, -0.25) is 14.5 Å². The van der Waals surface area contributed by atoms with E-state index in [2.05, 4.69) is 20.3 Å². The topological polar surface area (TPSA) is 194 Å². The van der Waals surface area contributed by atoms with Crippen molar-refractivity contribution in [2.24, 2.45) is 5.16 Å². The van der Waals surface area contributed by atoms with Crippen LogP contribution in [0.2, 0.25) is 0 Å². The molecular formula is C18H20N6O8S2. The van der Waals surface area contributed by atoms with E-state index in [1.807, 2.05) is 0 Å². The van der Waals surface area contributed by atoms with Crippen molar-refractivity contribution in [1.29, 1.82) is 0 Å². The number of carbonyl (C=O) groups excluding carboxylic acids is 4. The van der Waals surface area contributed by atoms with E-state index in [4.69, 9.17) is 10.5 Å². The average molecular weight is 513 g/mol. The zero-order valence-electron chi connectivity index (χ0n) is 18.1. The molecule has 0 aromatic carbocycles. The first-order valence-corrected chi connectivity index (χ1v) is 11.5. The maximum absolute atomic E-state index is 12.8. The van der Waals surface area contributed by atoms with Gasteiger partial charge in [-0.05, 0) is 0 Å². The van der Waals surface area contributed by atoms with E-state index in [1.165, 1.54) is 36.1 Å². The summed E-state index contributed by atoms with van der Waals surface area (Å²) in [5.74, 6) is -3.53. The molecule has 0 aliphatic carbocycles. The number of nitrogens with two attached hydrogens (primary N) is 1. The fourth-order valence-electron chi connectivity index (χ4n) is 2.99. The van der Waals surface area contributed by atoms with Gasteiger partial charge in [-0.25, -0.2) is 19.4 Å². The van der Waals surface area contributed by atoms with Crippen LogP contribution in [-0.2, 0) is 28.8 Å². The van der Waals surface area contributed by atoms with Crippen LogP contribution in [0.1, 0.15) is 12.6 Å². The lowest BCUT2D eigenvalue weighted by atomic mass is 10.0. The van der Waals surface area contributed by atoms with Gasteiger partial charge in [0.2, 0.25) is 0 Å². The maximum Gasteiger partial charge on any atom is 0.409 e. The highest BCUT2D eigenvalue weighted by molar-refractivity contribution is 8.00. The number of anilines is 1. The van der Waals surface area contributed by atoms with E-state index in [0.717, 1.165) is 23.2 Å². The predicted molar refractivity (Wildman–Crippen MR) is 120 cm³/mol. The second-order valence-corrected chi connectivity index (χ2v) is 9.16. The number of hydrogen-bond donors (Lipinski definition) is 3. The number of aliphatic carboxylic acids is 1. The van der Waals surface area contributed by atoms with Gasteiger partial charge in [0.15, 0.2) is 10.8 Å². The summed E-state index contributed by atoms with van der Waals surface area (Å²) in [7, 11) is 2.96. The number of fused-ring (bicyclic) bond motifs is 1. The highest BCUT2D eigenvalue weighted by atomic mass is 32.2. The Bertz CT molecular complexity index is 1110. The summed E-state index contributed by atoms with van der Waals surface area (Å²) in [6, 6.07) is -1.07. The van der Waals surface area contributed by atoms with Gasteiger partial charge >= 0.3 is 18.0 Å². The fourth-order valence-corrected chi connectivity index (χ4v) is 4.87. The molecule has 14 nitrogen and oxygen atoms in total. The number of nitrogens with one attached hydrogen (secondary N) is 1.